The molecule has 1 aliphatic rings. The highest BCUT2D eigenvalue weighted by Crippen LogP contribution is 2.36. The van der Waals surface area contributed by atoms with Crippen LogP contribution < -0.4 is 0 Å². The second-order valence-electron chi connectivity index (χ2n) is 3.21. The van der Waals surface area contributed by atoms with Gasteiger partial charge in [0.25, 0.3) is 0 Å². The summed E-state index contributed by atoms with van der Waals surface area (Å²) < 4.78 is 0.749. The number of hydrogen-bond acceptors (Lipinski definition) is 2. The predicted molar refractivity (Wildman–Crippen MR) is 51.1 cm³/mol. The van der Waals surface area contributed by atoms with Crippen molar-refractivity contribution in [1.29, 1.82) is 0 Å². The first-order valence-electron chi connectivity index (χ1n) is 3.98. The molecule has 0 unspecified atom stereocenters. The van der Waals surface area contributed by atoms with Crippen molar-refractivity contribution in [3.63, 3.8) is 0 Å². The molecule has 0 radical (unpaired) electrons. The van der Waals surface area contributed by atoms with Gasteiger partial charge < -0.3 is 0 Å². The number of rotatable bonds is 2. The van der Waals surface area contributed by atoms with Crippen molar-refractivity contribution in [3.05, 3.63) is 20.8 Å². The average molecular weight is 201 g/mol. The molecule has 1 aromatic rings. The highest BCUT2D eigenvalue weighted by Gasteiger charge is 2.31. The third-order valence-corrected chi connectivity index (χ3v) is 3.62. The first-order valence-corrected chi connectivity index (χ1v) is 5.18. The minimum Gasteiger partial charge on any atom is -0.293 e. The highest BCUT2D eigenvalue weighted by atomic mass is 35.5. The van der Waals surface area contributed by atoms with Gasteiger partial charge in [0.2, 0.25) is 0 Å². The number of carbonyl (C=O) groups excluding carboxylic acids is 1. The molecule has 0 atom stereocenters. The van der Waals surface area contributed by atoms with Crippen LogP contribution in [0.1, 0.15) is 28.1 Å². The molecule has 1 heterocycles. The predicted octanol–water partition coefficient (Wildman–Crippen LogP) is 3.30. The van der Waals surface area contributed by atoms with Gasteiger partial charge in [0.15, 0.2) is 5.78 Å². The number of Topliss-reactive ketones (excluding diaryl/α,β-unsaturated/α-hetero) is 1. The lowest BCUT2D eigenvalue weighted by Gasteiger charge is -1.89. The molecular weight excluding hydrogens is 192 g/mol. The monoisotopic (exact) mass is 200 g/mol. The van der Waals surface area contributed by atoms with Gasteiger partial charge in [-0.2, -0.15) is 0 Å². The molecule has 0 aromatic carbocycles. The summed E-state index contributed by atoms with van der Waals surface area (Å²) in [5.74, 6) is 0.592. The molecule has 1 saturated carbocycles. The van der Waals surface area contributed by atoms with Gasteiger partial charge in [-0.15, -0.1) is 11.3 Å². The summed E-state index contributed by atoms with van der Waals surface area (Å²) in [6.45, 7) is 1.93. The van der Waals surface area contributed by atoms with Gasteiger partial charge >= 0.3 is 0 Å². The van der Waals surface area contributed by atoms with Crippen molar-refractivity contribution < 1.29 is 4.79 Å². The van der Waals surface area contributed by atoms with Crippen LogP contribution in [0.3, 0.4) is 0 Å². The molecule has 12 heavy (non-hydrogen) atoms. The second kappa shape index (κ2) is 2.86. The van der Waals surface area contributed by atoms with Crippen molar-refractivity contribution in [2.45, 2.75) is 19.8 Å². The van der Waals surface area contributed by atoms with E-state index in [4.69, 9.17) is 11.6 Å². The lowest BCUT2D eigenvalue weighted by atomic mass is 10.2. The Balaban J connectivity index is 2.27. The summed E-state index contributed by atoms with van der Waals surface area (Å²) in [7, 11) is 0. The van der Waals surface area contributed by atoms with Crippen molar-refractivity contribution in [2.24, 2.45) is 5.92 Å². The lowest BCUT2D eigenvalue weighted by Crippen LogP contribution is -1.96. The van der Waals surface area contributed by atoms with E-state index in [-0.39, 0.29) is 5.78 Å². The molecule has 1 aliphatic carbocycles. The number of hydrogen-bond donors (Lipinski definition) is 0. The second-order valence-corrected chi connectivity index (χ2v) is 4.86. The van der Waals surface area contributed by atoms with E-state index in [0.717, 1.165) is 27.6 Å². The summed E-state index contributed by atoms with van der Waals surface area (Å²) in [4.78, 5) is 12.4. The standard InChI is InChI=1S/C9H9ClOS/c1-5-4-7(12-9(5)10)8(11)6-2-3-6/h4,6H,2-3H2,1H3. The van der Waals surface area contributed by atoms with Crippen LogP contribution in [-0.4, -0.2) is 5.78 Å². The van der Waals surface area contributed by atoms with E-state index in [0.29, 0.717) is 5.92 Å². The smallest absolute Gasteiger partial charge is 0.175 e. The molecule has 0 spiro atoms. The van der Waals surface area contributed by atoms with Crippen LogP contribution in [0.5, 0.6) is 0 Å². The summed E-state index contributed by atoms with van der Waals surface area (Å²) >= 11 is 7.27. The molecule has 2 rings (SSSR count). The molecule has 1 nitrogen and oxygen atoms in total. The van der Waals surface area contributed by atoms with E-state index in [1.54, 1.807) is 0 Å². The van der Waals surface area contributed by atoms with Crippen LogP contribution in [0.4, 0.5) is 0 Å². The normalized spacial score (nSPS) is 16.5. The summed E-state index contributed by atoms with van der Waals surface area (Å²) in [5.41, 5.74) is 1.02. The van der Waals surface area contributed by atoms with Crippen molar-refractivity contribution in [1.82, 2.24) is 0 Å². The Bertz CT molecular complexity index is 306. The molecule has 64 valence electrons. The summed E-state index contributed by atoms with van der Waals surface area (Å²) in [6, 6.07) is 1.90. The number of thiophene rings is 1. The highest BCUT2D eigenvalue weighted by molar-refractivity contribution is 7.18. The Morgan fingerprint density at radius 3 is 2.75 bits per heavy atom. The van der Waals surface area contributed by atoms with E-state index in [2.05, 4.69) is 0 Å². The van der Waals surface area contributed by atoms with Crippen molar-refractivity contribution in [2.75, 3.05) is 0 Å². The zero-order valence-electron chi connectivity index (χ0n) is 6.76. The van der Waals surface area contributed by atoms with Crippen molar-refractivity contribution in [3.8, 4) is 0 Å². The fourth-order valence-corrected chi connectivity index (χ4v) is 2.35. The zero-order valence-corrected chi connectivity index (χ0v) is 8.34. The zero-order chi connectivity index (χ0) is 8.72. The molecular formula is C9H9ClOS. The maximum absolute atomic E-state index is 11.5. The number of ketones is 1. The van der Waals surface area contributed by atoms with E-state index in [9.17, 15) is 4.79 Å². The van der Waals surface area contributed by atoms with Crippen molar-refractivity contribution >= 4 is 28.7 Å². The molecule has 1 fully saturated rings. The first kappa shape index (κ1) is 8.27. The SMILES string of the molecule is Cc1cc(C(=O)C2CC2)sc1Cl. The van der Waals surface area contributed by atoms with E-state index < -0.39 is 0 Å². The van der Waals surface area contributed by atoms with Crippen LogP contribution >= 0.6 is 22.9 Å². The van der Waals surface area contributed by atoms with Gasteiger partial charge in [0.1, 0.15) is 0 Å². The summed E-state index contributed by atoms with van der Waals surface area (Å²) in [5, 5.41) is 0. The largest absolute Gasteiger partial charge is 0.293 e. The quantitative estimate of drug-likeness (QED) is 0.670. The third kappa shape index (κ3) is 1.41. The maximum atomic E-state index is 11.5. The van der Waals surface area contributed by atoms with Crippen LogP contribution in [0, 0.1) is 12.8 Å². The Labute approximate surface area is 80.4 Å². The van der Waals surface area contributed by atoms with Crippen LogP contribution in [0.2, 0.25) is 4.34 Å². The molecule has 1 aromatic heterocycles. The Morgan fingerprint density at radius 2 is 2.33 bits per heavy atom. The Kier molecular flexibility index (Phi) is 1.97. The van der Waals surface area contributed by atoms with E-state index in [1.165, 1.54) is 11.3 Å². The molecule has 0 bridgehead atoms. The molecule has 0 amide bonds. The fraction of sp³-hybridized carbons (Fsp3) is 0.444. The minimum atomic E-state index is 0.287. The molecule has 0 aliphatic heterocycles. The minimum absolute atomic E-state index is 0.287. The van der Waals surface area contributed by atoms with Gasteiger partial charge in [-0.1, -0.05) is 11.6 Å². The summed E-state index contributed by atoms with van der Waals surface area (Å²) in [6.07, 6.45) is 2.13. The van der Waals surface area contributed by atoms with Crippen LogP contribution in [-0.2, 0) is 0 Å². The molecule has 0 N–H and O–H groups in total. The fourth-order valence-electron chi connectivity index (χ4n) is 1.13. The Hall–Kier alpha value is -0.340. The topological polar surface area (TPSA) is 17.1 Å². The van der Waals surface area contributed by atoms with Crippen LogP contribution in [0.25, 0.3) is 0 Å². The van der Waals surface area contributed by atoms with Gasteiger partial charge in [0, 0.05) is 5.92 Å². The first-order chi connectivity index (χ1) is 5.68. The van der Waals surface area contributed by atoms with Gasteiger partial charge in [-0.25, -0.2) is 0 Å². The van der Waals surface area contributed by atoms with E-state index >= 15 is 0 Å². The number of halogens is 1. The molecule has 0 saturated heterocycles. The maximum Gasteiger partial charge on any atom is 0.175 e. The van der Waals surface area contributed by atoms with Crippen LogP contribution in [0.15, 0.2) is 6.07 Å². The van der Waals surface area contributed by atoms with E-state index in [1.807, 2.05) is 13.0 Å². The Morgan fingerprint density at radius 1 is 1.67 bits per heavy atom. The number of aryl methyl sites for hydroxylation is 1. The molecule has 3 heteroatoms. The lowest BCUT2D eigenvalue weighted by molar-refractivity contribution is 0.0971. The van der Waals surface area contributed by atoms with Gasteiger partial charge in [0.05, 0.1) is 9.21 Å². The average Bonchev–Trinajstić information content (AvgIpc) is 2.80. The van der Waals surface area contributed by atoms with Gasteiger partial charge in [-0.05, 0) is 31.4 Å². The van der Waals surface area contributed by atoms with Gasteiger partial charge in [-0.3, -0.25) is 4.79 Å². The third-order valence-electron chi connectivity index (χ3n) is 2.05. The number of carbonyl (C=O) groups is 1.